The lowest BCUT2D eigenvalue weighted by Gasteiger charge is -2.21. The quantitative estimate of drug-likeness (QED) is 0.860. The van der Waals surface area contributed by atoms with Gasteiger partial charge in [-0.2, -0.15) is 0 Å². The molecule has 1 atom stereocenters. The Bertz CT molecular complexity index is 333. The molecule has 0 aliphatic rings. The summed E-state index contributed by atoms with van der Waals surface area (Å²) < 4.78 is 0. The van der Waals surface area contributed by atoms with Gasteiger partial charge in [0.1, 0.15) is 0 Å². The number of nitrogens with zero attached hydrogens (tertiary/aromatic N) is 2. The summed E-state index contributed by atoms with van der Waals surface area (Å²) in [5, 5.41) is 20.0. The number of aliphatic hydroxyl groups excluding tert-OH is 1. The first-order valence-electron chi connectivity index (χ1n) is 4.60. The molecule has 0 saturated carbocycles. The molecule has 6 heteroatoms. The maximum absolute atomic E-state index is 9.14. The van der Waals surface area contributed by atoms with Gasteiger partial charge in [-0.05, 0) is 5.92 Å². The lowest BCUT2D eigenvalue weighted by Crippen LogP contribution is -2.29. The minimum atomic E-state index is -0.0808. The standard InChI is InChI=1S/C9H13Cl2N3O/c1-5(2)7(4-15)12-6-3-8(10)13-14-9(6)11/h3,5,7,15H,4H2,1-2H3,(H,12,13). The number of rotatable bonds is 4. The van der Waals surface area contributed by atoms with E-state index in [0.717, 1.165) is 0 Å². The SMILES string of the molecule is CC(C)C(CO)Nc1cc(Cl)nnc1Cl. The van der Waals surface area contributed by atoms with Crippen molar-refractivity contribution in [1.29, 1.82) is 0 Å². The fourth-order valence-corrected chi connectivity index (χ4v) is 1.37. The number of aliphatic hydroxyl groups is 1. The Labute approximate surface area is 98.6 Å². The van der Waals surface area contributed by atoms with Crippen LogP contribution in [-0.4, -0.2) is 28.0 Å². The minimum absolute atomic E-state index is 0.0218. The van der Waals surface area contributed by atoms with Gasteiger partial charge in [0.15, 0.2) is 10.3 Å². The Hall–Kier alpha value is -0.580. The van der Waals surface area contributed by atoms with Crippen molar-refractivity contribution in [2.24, 2.45) is 5.92 Å². The van der Waals surface area contributed by atoms with Gasteiger partial charge in [-0.25, -0.2) is 0 Å². The van der Waals surface area contributed by atoms with Crippen molar-refractivity contribution in [3.05, 3.63) is 16.4 Å². The molecule has 0 spiro atoms. The second-order valence-electron chi connectivity index (χ2n) is 3.55. The molecule has 0 radical (unpaired) electrons. The fraction of sp³-hybridized carbons (Fsp3) is 0.556. The van der Waals surface area contributed by atoms with Gasteiger partial charge in [-0.15, -0.1) is 10.2 Å². The third-order valence-corrected chi connectivity index (χ3v) is 2.53. The molecule has 1 heterocycles. The average molecular weight is 250 g/mol. The molecule has 0 aliphatic heterocycles. The zero-order valence-corrected chi connectivity index (χ0v) is 10.0. The second kappa shape index (κ2) is 5.49. The van der Waals surface area contributed by atoms with E-state index in [2.05, 4.69) is 15.5 Å². The molecule has 1 aromatic heterocycles. The molecule has 0 amide bonds. The largest absolute Gasteiger partial charge is 0.394 e. The Morgan fingerprint density at radius 3 is 2.60 bits per heavy atom. The van der Waals surface area contributed by atoms with Gasteiger partial charge in [0.25, 0.3) is 0 Å². The zero-order chi connectivity index (χ0) is 11.4. The Balaban J connectivity index is 2.82. The highest BCUT2D eigenvalue weighted by molar-refractivity contribution is 6.33. The van der Waals surface area contributed by atoms with Crippen LogP contribution in [0.1, 0.15) is 13.8 Å². The van der Waals surface area contributed by atoms with Gasteiger partial charge in [0.05, 0.1) is 18.3 Å². The van der Waals surface area contributed by atoms with Gasteiger partial charge in [0.2, 0.25) is 0 Å². The van der Waals surface area contributed by atoms with E-state index in [-0.39, 0.29) is 28.9 Å². The summed E-state index contributed by atoms with van der Waals surface area (Å²) >= 11 is 11.5. The highest BCUT2D eigenvalue weighted by Crippen LogP contribution is 2.22. The molecule has 84 valence electrons. The summed E-state index contributed by atoms with van der Waals surface area (Å²) in [5.41, 5.74) is 0.587. The first kappa shape index (κ1) is 12.5. The number of halogens is 2. The predicted molar refractivity (Wildman–Crippen MR) is 61.4 cm³/mol. The van der Waals surface area contributed by atoms with Crippen molar-refractivity contribution < 1.29 is 5.11 Å². The van der Waals surface area contributed by atoms with E-state index in [9.17, 15) is 0 Å². The minimum Gasteiger partial charge on any atom is -0.394 e. The second-order valence-corrected chi connectivity index (χ2v) is 4.29. The molecule has 15 heavy (non-hydrogen) atoms. The zero-order valence-electron chi connectivity index (χ0n) is 8.54. The van der Waals surface area contributed by atoms with E-state index in [4.69, 9.17) is 28.3 Å². The van der Waals surface area contributed by atoms with Crippen LogP contribution in [0.4, 0.5) is 5.69 Å². The van der Waals surface area contributed by atoms with Crippen LogP contribution in [0.15, 0.2) is 6.07 Å². The molecular weight excluding hydrogens is 237 g/mol. The third-order valence-electron chi connectivity index (χ3n) is 2.06. The van der Waals surface area contributed by atoms with E-state index in [1.165, 1.54) is 0 Å². The highest BCUT2D eigenvalue weighted by atomic mass is 35.5. The van der Waals surface area contributed by atoms with E-state index < -0.39 is 0 Å². The van der Waals surface area contributed by atoms with Crippen LogP contribution >= 0.6 is 23.2 Å². The van der Waals surface area contributed by atoms with E-state index >= 15 is 0 Å². The topological polar surface area (TPSA) is 58.0 Å². The lowest BCUT2D eigenvalue weighted by atomic mass is 10.1. The number of nitrogens with one attached hydrogen (secondary N) is 1. The van der Waals surface area contributed by atoms with Gasteiger partial charge in [0, 0.05) is 6.07 Å². The first-order chi connectivity index (χ1) is 7.04. The van der Waals surface area contributed by atoms with Crippen molar-refractivity contribution in [2.75, 3.05) is 11.9 Å². The van der Waals surface area contributed by atoms with Gasteiger partial charge >= 0.3 is 0 Å². The smallest absolute Gasteiger partial charge is 0.174 e. The Kier molecular flexibility index (Phi) is 4.57. The Morgan fingerprint density at radius 2 is 2.07 bits per heavy atom. The summed E-state index contributed by atoms with van der Waals surface area (Å²) in [6.45, 7) is 4.02. The summed E-state index contributed by atoms with van der Waals surface area (Å²) in [6.07, 6.45) is 0. The number of hydrogen-bond donors (Lipinski definition) is 2. The number of hydrogen-bond acceptors (Lipinski definition) is 4. The Morgan fingerprint density at radius 1 is 1.40 bits per heavy atom. The van der Waals surface area contributed by atoms with Crippen LogP contribution in [0.25, 0.3) is 0 Å². The van der Waals surface area contributed by atoms with Crippen LogP contribution in [0, 0.1) is 5.92 Å². The van der Waals surface area contributed by atoms with Crippen LogP contribution < -0.4 is 5.32 Å². The normalized spacial score (nSPS) is 12.9. The molecule has 0 aromatic carbocycles. The highest BCUT2D eigenvalue weighted by Gasteiger charge is 2.14. The maximum atomic E-state index is 9.14. The average Bonchev–Trinajstić information content (AvgIpc) is 2.18. The van der Waals surface area contributed by atoms with Crippen LogP contribution in [0.5, 0.6) is 0 Å². The molecule has 1 unspecified atom stereocenters. The molecule has 0 fully saturated rings. The summed E-state index contributed by atoms with van der Waals surface area (Å²) in [5.74, 6) is 0.276. The van der Waals surface area contributed by atoms with Crippen LogP contribution in [-0.2, 0) is 0 Å². The summed E-state index contributed by atoms with van der Waals surface area (Å²) in [4.78, 5) is 0. The predicted octanol–water partition coefficient (Wildman–Crippen LogP) is 2.21. The molecule has 2 N–H and O–H groups in total. The van der Waals surface area contributed by atoms with Gasteiger partial charge in [-0.1, -0.05) is 37.0 Å². The first-order valence-corrected chi connectivity index (χ1v) is 5.36. The van der Waals surface area contributed by atoms with Crippen molar-refractivity contribution in [1.82, 2.24) is 10.2 Å². The van der Waals surface area contributed by atoms with Crippen molar-refractivity contribution >= 4 is 28.9 Å². The van der Waals surface area contributed by atoms with E-state index in [1.54, 1.807) is 6.07 Å². The fourth-order valence-electron chi connectivity index (χ4n) is 1.08. The monoisotopic (exact) mass is 249 g/mol. The third kappa shape index (κ3) is 3.48. The molecule has 0 aliphatic carbocycles. The molecule has 0 saturated heterocycles. The van der Waals surface area contributed by atoms with Crippen LogP contribution in [0.3, 0.4) is 0 Å². The van der Waals surface area contributed by atoms with Crippen molar-refractivity contribution in [3.8, 4) is 0 Å². The summed E-state index contributed by atoms with van der Waals surface area (Å²) in [7, 11) is 0. The molecule has 4 nitrogen and oxygen atoms in total. The number of anilines is 1. The van der Waals surface area contributed by atoms with Crippen molar-refractivity contribution in [2.45, 2.75) is 19.9 Å². The molecule has 1 aromatic rings. The summed E-state index contributed by atoms with van der Waals surface area (Å²) in [6, 6.07) is 1.50. The molecular formula is C9H13Cl2N3O. The maximum Gasteiger partial charge on any atom is 0.174 e. The van der Waals surface area contributed by atoms with Crippen molar-refractivity contribution in [3.63, 3.8) is 0 Å². The lowest BCUT2D eigenvalue weighted by molar-refractivity contribution is 0.249. The van der Waals surface area contributed by atoms with Crippen LogP contribution in [0.2, 0.25) is 10.3 Å². The van der Waals surface area contributed by atoms with E-state index in [1.807, 2.05) is 13.8 Å². The molecule has 1 rings (SSSR count). The van der Waals surface area contributed by atoms with Gasteiger partial charge < -0.3 is 10.4 Å². The van der Waals surface area contributed by atoms with E-state index in [0.29, 0.717) is 5.69 Å². The number of aromatic nitrogens is 2. The van der Waals surface area contributed by atoms with Gasteiger partial charge in [-0.3, -0.25) is 0 Å². The molecule has 0 bridgehead atoms.